The van der Waals surface area contributed by atoms with Crippen molar-refractivity contribution in [2.75, 3.05) is 0 Å². The zero-order chi connectivity index (χ0) is 19.0. The molecule has 2 aromatic heterocycles. The molecule has 0 N–H and O–H groups in total. The fraction of sp³-hybridized carbons (Fsp3) is 0.0476. The number of fused-ring (bicyclic) bond motifs is 1. The lowest BCUT2D eigenvalue weighted by Gasteiger charge is -2.08. The lowest BCUT2D eigenvalue weighted by atomic mass is 10.0. The third-order valence-corrected chi connectivity index (χ3v) is 4.64. The Morgan fingerprint density at radius 3 is 2.11 bits per heavy atom. The minimum Gasteiger partial charge on any atom is -0.226 e. The number of aromatic nitrogens is 3. The maximum Gasteiger partial charge on any atom is 0.174 e. The zero-order valence-corrected chi connectivity index (χ0v) is 15.1. The van der Waals surface area contributed by atoms with Crippen LogP contribution in [0.3, 0.4) is 0 Å². The third kappa shape index (κ3) is 2.71. The summed E-state index contributed by atoms with van der Waals surface area (Å²) in [4.78, 5) is 4.64. The molecule has 128 valence electrons. The van der Waals surface area contributed by atoms with Crippen LogP contribution < -0.4 is 0 Å². The van der Waals surface area contributed by atoms with Gasteiger partial charge in [-0.05, 0) is 19.1 Å². The van der Waals surface area contributed by atoms with Crippen molar-refractivity contribution in [1.82, 2.24) is 14.6 Å². The van der Waals surface area contributed by atoms with Crippen LogP contribution in [0.4, 0.5) is 0 Å². The smallest absolute Gasteiger partial charge is 0.174 e. The number of nitrogens with zero attached hydrogens (tertiary/aromatic N) is 5. The van der Waals surface area contributed by atoms with Crippen molar-refractivity contribution in [1.29, 1.82) is 10.5 Å². The summed E-state index contributed by atoms with van der Waals surface area (Å²) in [5.41, 5.74) is 4.49. The first-order chi connectivity index (χ1) is 13.1. The summed E-state index contributed by atoms with van der Waals surface area (Å²) >= 11 is 5.98. The van der Waals surface area contributed by atoms with Gasteiger partial charge in [-0.15, -0.1) is 0 Å². The van der Waals surface area contributed by atoms with Gasteiger partial charge in [-0.2, -0.15) is 15.6 Å². The molecule has 0 aliphatic heterocycles. The van der Waals surface area contributed by atoms with Crippen molar-refractivity contribution in [3.05, 3.63) is 76.4 Å². The molecule has 0 bridgehead atoms. The maximum absolute atomic E-state index is 9.76. The van der Waals surface area contributed by atoms with E-state index in [2.05, 4.69) is 22.2 Å². The monoisotopic (exact) mass is 369 g/mol. The Balaban J connectivity index is 2.07. The third-order valence-electron chi connectivity index (χ3n) is 4.38. The molecule has 0 aliphatic carbocycles. The summed E-state index contributed by atoms with van der Waals surface area (Å²) in [6, 6.07) is 21.0. The van der Waals surface area contributed by atoms with E-state index < -0.39 is 0 Å². The van der Waals surface area contributed by atoms with E-state index in [1.54, 1.807) is 23.6 Å². The van der Waals surface area contributed by atoms with Crippen LogP contribution in [-0.2, 0) is 0 Å². The minimum absolute atomic E-state index is 0.379. The van der Waals surface area contributed by atoms with Gasteiger partial charge in [-0.3, -0.25) is 0 Å². The van der Waals surface area contributed by atoms with Crippen LogP contribution in [-0.4, -0.2) is 14.6 Å². The lowest BCUT2D eigenvalue weighted by Crippen LogP contribution is -2.03. The molecule has 27 heavy (non-hydrogen) atoms. The van der Waals surface area contributed by atoms with Gasteiger partial charge in [0.15, 0.2) is 5.65 Å². The molecule has 2 aromatic carbocycles. The second-order valence-corrected chi connectivity index (χ2v) is 6.41. The molecule has 0 saturated carbocycles. The van der Waals surface area contributed by atoms with Gasteiger partial charge < -0.3 is 0 Å². The van der Waals surface area contributed by atoms with Gasteiger partial charge >= 0.3 is 0 Å². The molecule has 0 spiro atoms. The maximum atomic E-state index is 9.76. The number of hydrogen-bond acceptors (Lipinski definition) is 4. The second-order valence-electron chi connectivity index (χ2n) is 5.98. The summed E-state index contributed by atoms with van der Waals surface area (Å²) in [6.45, 7) is 1.80. The molecular formula is C21H12ClN5. The highest BCUT2D eigenvalue weighted by Crippen LogP contribution is 2.30. The van der Waals surface area contributed by atoms with E-state index in [0.29, 0.717) is 38.9 Å². The van der Waals surface area contributed by atoms with Crippen molar-refractivity contribution >= 4 is 17.2 Å². The van der Waals surface area contributed by atoms with E-state index in [-0.39, 0.29) is 0 Å². The Hall–Kier alpha value is -3.67. The number of nitriles is 2. The van der Waals surface area contributed by atoms with E-state index >= 15 is 0 Å². The lowest BCUT2D eigenvalue weighted by molar-refractivity contribution is 0.894. The summed E-state index contributed by atoms with van der Waals surface area (Å²) in [6.07, 6.45) is 0. The van der Waals surface area contributed by atoms with Gasteiger partial charge in [0, 0.05) is 16.1 Å². The first-order valence-electron chi connectivity index (χ1n) is 8.19. The van der Waals surface area contributed by atoms with Gasteiger partial charge in [-0.1, -0.05) is 54.1 Å². The molecule has 4 aromatic rings. The highest BCUT2D eigenvalue weighted by Gasteiger charge is 2.21. The van der Waals surface area contributed by atoms with Gasteiger partial charge in [0.1, 0.15) is 23.4 Å². The molecule has 0 fully saturated rings. The largest absolute Gasteiger partial charge is 0.226 e. The molecule has 0 radical (unpaired) electrons. The average Bonchev–Trinajstić information content (AvgIpc) is 3.08. The van der Waals surface area contributed by atoms with E-state index in [1.807, 2.05) is 42.5 Å². The van der Waals surface area contributed by atoms with Gasteiger partial charge in [0.25, 0.3) is 0 Å². The highest BCUT2D eigenvalue weighted by atomic mass is 35.5. The molecule has 5 nitrogen and oxygen atoms in total. The van der Waals surface area contributed by atoms with Crippen LogP contribution in [0.15, 0.2) is 54.6 Å². The van der Waals surface area contributed by atoms with Crippen molar-refractivity contribution < 1.29 is 0 Å². The average molecular weight is 370 g/mol. The van der Waals surface area contributed by atoms with Crippen LogP contribution >= 0.6 is 11.6 Å². The van der Waals surface area contributed by atoms with Crippen molar-refractivity contribution in [2.45, 2.75) is 6.92 Å². The molecular weight excluding hydrogens is 358 g/mol. The molecule has 0 aliphatic rings. The zero-order valence-electron chi connectivity index (χ0n) is 14.3. The second kappa shape index (κ2) is 6.57. The first kappa shape index (κ1) is 16.8. The molecule has 4 rings (SSSR count). The van der Waals surface area contributed by atoms with E-state index in [4.69, 9.17) is 11.6 Å². The predicted octanol–water partition coefficient (Wildman–Crippen LogP) is 4.77. The fourth-order valence-electron chi connectivity index (χ4n) is 3.04. The van der Waals surface area contributed by atoms with Crippen LogP contribution in [0.1, 0.15) is 16.8 Å². The number of benzene rings is 2. The van der Waals surface area contributed by atoms with Crippen LogP contribution in [0, 0.1) is 29.6 Å². The molecule has 0 unspecified atom stereocenters. The Bertz CT molecular complexity index is 1240. The normalized spacial score (nSPS) is 10.5. The van der Waals surface area contributed by atoms with Crippen LogP contribution in [0.2, 0.25) is 5.02 Å². The van der Waals surface area contributed by atoms with Gasteiger partial charge in [-0.25, -0.2) is 9.50 Å². The summed E-state index contributed by atoms with van der Waals surface area (Å²) in [5, 5.41) is 24.6. The van der Waals surface area contributed by atoms with Crippen LogP contribution in [0.25, 0.3) is 28.2 Å². The number of hydrogen-bond donors (Lipinski definition) is 0. The van der Waals surface area contributed by atoms with Crippen molar-refractivity contribution in [3.63, 3.8) is 0 Å². The summed E-state index contributed by atoms with van der Waals surface area (Å²) < 4.78 is 1.57. The Morgan fingerprint density at radius 2 is 1.48 bits per heavy atom. The van der Waals surface area contributed by atoms with Gasteiger partial charge in [0.05, 0.1) is 17.0 Å². The summed E-state index contributed by atoms with van der Waals surface area (Å²) in [5.74, 6) is 0. The number of halogens is 1. The topological polar surface area (TPSA) is 77.8 Å². The first-order valence-corrected chi connectivity index (χ1v) is 8.56. The Labute approximate surface area is 160 Å². The Morgan fingerprint density at radius 1 is 0.852 bits per heavy atom. The van der Waals surface area contributed by atoms with Crippen LogP contribution in [0.5, 0.6) is 0 Å². The van der Waals surface area contributed by atoms with Gasteiger partial charge in [0.2, 0.25) is 0 Å². The SMILES string of the molecule is Cc1c(C#N)c(-c2ccc(Cl)cc2)nc2c(C#N)c(-c3ccccc3)nn12. The molecule has 2 heterocycles. The van der Waals surface area contributed by atoms with E-state index in [1.165, 1.54) is 0 Å². The fourth-order valence-corrected chi connectivity index (χ4v) is 3.16. The molecule has 0 atom stereocenters. The molecule has 0 saturated heterocycles. The number of aryl methyl sites for hydroxylation is 1. The molecule has 6 heteroatoms. The highest BCUT2D eigenvalue weighted by molar-refractivity contribution is 6.30. The molecule has 0 amide bonds. The number of rotatable bonds is 2. The standard InChI is InChI=1S/C21H12ClN5/c1-13-17(11-23)19(15-7-9-16(22)10-8-15)25-21-18(12-24)20(26-27(13)21)14-5-3-2-4-6-14/h2-10H,1H3. The predicted molar refractivity (Wildman–Crippen MR) is 103 cm³/mol. The Kier molecular flexibility index (Phi) is 4.08. The quantitative estimate of drug-likeness (QED) is 0.510. The van der Waals surface area contributed by atoms with E-state index in [0.717, 1.165) is 11.1 Å². The van der Waals surface area contributed by atoms with Crippen molar-refractivity contribution in [2.24, 2.45) is 0 Å². The van der Waals surface area contributed by atoms with E-state index in [9.17, 15) is 10.5 Å². The van der Waals surface area contributed by atoms with Crippen molar-refractivity contribution in [3.8, 4) is 34.7 Å². The minimum atomic E-state index is 0.379. The summed E-state index contributed by atoms with van der Waals surface area (Å²) in [7, 11) is 0.